The summed E-state index contributed by atoms with van der Waals surface area (Å²) in [5, 5.41) is 5.97. The highest BCUT2D eigenvalue weighted by Gasteiger charge is 2.01. The third kappa shape index (κ3) is 3.87. The number of anilines is 2. The van der Waals surface area contributed by atoms with Gasteiger partial charge in [-0.3, -0.25) is 0 Å². The molecule has 2 N–H and O–H groups in total. The molecule has 2 rings (SSSR count). The van der Waals surface area contributed by atoms with E-state index in [1.165, 1.54) is 18.5 Å². The number of aromatic nitrogens is 2. The quantitative estimate of drug-likeness (QED) is 0.871. The highest BCUT2D eigenvalue weighted by atomic mass is 19.1. The standard InChI is InChI=1S/C13H14F2N4/c1-16-12-7-13(19-8-18-12)17-3-2-9-4-10(14)6-11(15)5-9/h4-8H,2-3H2,1H3,(H2,16,17,18,19). The maximum Gasteiger partial charge on any atom is 0.131 e. The Labute approximate surface area is 109 Å². The van der Waals surface area contributed by atoms with Crippen molar-refractivity contribution in [2.75, 3.05) is 24.2 Å². The minimum Gasteiger partial charge on any atom is -0.373 e. The summed E-state index contributed by atoms with van der Waals surface area (Å²) in [6, 6.07) is 5.26. The van der Waals surface area contributed by atoms with Crippen molar-refractivity contribution < 1.29 is 8.78 Å². The lowest BCUT2D eigenvalue weighted by Gasteiger charge is -2.07. The molecule has 0 aliphatic heterocycles. The summed E-state index contributed by atoms with van der Waals surface area (Å²) < 4.78 is 26.0. The van der Waals surface area contributed by atoms with E-state index in [2.05, 4.69) is 20.6 Å². The maximum absolute atomic E-state index is 13.0. The van der Waals surface area contributed by atoms with Crippen molar-refractivity contribution in [1.29, 1.82) is 0 Å². The van der Waals surface area contributed by atoms with E-state index in [1.54, 1.807) is 13.1 Å². The molecule has 0 radical (unpaired) electrons. The molecular weight excluding hydrogens is 250 g/mol. The summed E-state index contributed by atoms with van der Waals surface area (Å²) in [6.45, 7) is 0.531. The van der Waals surface area contributed by atoms with Crippen molar-refractivity contribution in [2.24, 2.45) is 0 Å². The Morgan fingerprint density at radius 2 is 1.68 bits per heavy atom. The van der Waals surface area contributed by atoms with E-state index < -0.39 is 11.6 Å². The van der Waals surface area contributed by atoms with Crippen molar-refractivity contribution in [2.45, 2.75) is 6.42 Å². The van der Waals surface area contributed by atoms with Crippen LogP contribution in [0.15, 0.2) is 30.6 Å². The molecule has 6 heteroatoms. The number of hydrogen-bond donors (Lipinski definition) is 2. The Morgan fingerprint density at radius 1 is 1.00 bits per heavy atom. The van der Waals surface area contributed by atoms with Crippen molar-refractivity contribution in [3.05, 3.63) is 47.8 Å². The molecule has 0 spiro atoms. The topological polar surface area (TPSA) is 49.8 Å². The van der Waals surface area contributed by atoms with Gasteiger partial charge in [0.25, 0.3) is 0 Å². The number of nitrogens with zero attached hydrogens (tertiary/aromatic N) is 2. The number of nitrogens with one attached hydrogen (secondary N) is 2. The van der Waals surface area contributed by atoms with Gasteiger partial charge < -0.3 is 10.6 Å². The molecule has 0 saturated carbocycles. The zero-order valence-corrected chi connectivity index (χ0v) is 10.5. The highest BCUT2D eigenvalue weighted by molar-refractivity contribution is 5.45. The van der Waals surface area contributed by atoms with E-state index in [1.807, 2.05) is 0 Å². The van der Waals surface area contributed by atoms with Gasteiger partial charge in [-0.2, -0.15) is 0 Å². The minimum absolute atomic E-state index is 0.508. The van der Waals surface area contributed by atoms with Crippen LogP contribution in [0, 0.1) is 11.6 Å². The predicted octanol–water partition coefficient (Wildman–Crippen LogP) is 2.45. The molecular formula is C13H14F2N4. The zero-order valence-electron chi connectivity index (χ0n) is 10.5. The van der Waals surface area contributed by atoms with Gasteiger partial charge in [0.15, 0.2) is 0 Å². The fourth-order valence-electron chi connectivity index (χ4n) is 1.68. The molecule has 1 aromatic carbocycles. The van der Waals surface area contributed by atoms with E-state index in [-0.39, 0.29) is 0 Å². The molecule has 0 saturated heterocycles. The summed E-state index contributed by atoms with van der Waals surface area (Å²) in [5.74, 6) is 0.245. The molecule has 0 unspecified atom stereocenters. The first-order chi connectivity index (χ1) is 9.17. The Bertz CT molecular complexity index is 540. The van der Waals surface area contributed by atoms with Crippen LogP contribution >= 0.6 is 0 Å². The summed E-state index contributed by atoms with van der Waals surface area (Å²) >= 11 is 0. The molecule has 0 aliphatic carbocycles. The van der Waals surface area contributed by atoms with Crippen LogP contribution in [0.4, 0.5) is 20.4 Å². The van der Waals surface area contributed by atoms with Gasteiger partial charge in [-0.25, -0.2) is 18.7 Å². The fraction of sp³-hybridized carbons (Fsp3) is 0.231. The lowest BCUT2D eigenvalue weighted by molar-refractivity contribution is 0.580. The van der Waals surface area contributed by atoms with E-state index in [0.717, 1.165) is 6.07 Å². The summed E-state index contributed by atoms with van der Waals surface area (Å²) in [7, 11) is 1.77. The number of benzene rings is 1. The van der Waals surface area contributed by atoms with Crippen LogP contribution < -0.4 is 10.6 Å². The largest absolute Gasteiger partial charge is 0.373 e. The molecule has 1 aromatic heterocycles. The third-order valence-corrected chi connectivity index (χ3v) is 2.57. The Morgan fingerprint density at radius 3 is 2.37 bits per heavy atom. The SMILES string of the molecule is CNc1cc(NCCc2cc(F)cc(F)c2)ncn1. The lowest BCUT2D eigenvalue weighted by atomic mass is 10.1. The molecule has 19 heavy (non-hydrogen) atoms. The highest BCUT2D eigenvalue weighted by Crippen LogP contribution is 2.10. The first-order valence-corrected chi connectivity index (χ1v) is 5.86. The number of hydrogen-bond acceptors (Lipinski definition) is 4. The van der Waals surface area contributed by atoms with Gasteiger partial charge in [-0.05, 0) is 24.1 Å². The van der Waals surface area contributed by atoms with Gasteiger partial charge in [0.1, 0.15) is 29.6 Å². The monoisotopic (exact) mass is 264 g/mol. The first kappa shape index (κ1) is 13.2. The Kier molecular flexibility index (Phi) is 4.22. The lowest BCUT2D eigenvalue weighted by Crippen LogP contribution is -2.07. The van der Waals surface area contributed by atoms with E-state index >= 15 is 0 Å². The molecule has 0 atom stereocenters. The van der Waals surface area contributed by atoms with Crippen molar-refractivity contribution in [3.63, 3.8) is 0 Å². The van der Waals surface area contributed by atoms with Crippen LogP contribution in [0.3, 0.4) is 0 Å². The van der Waals surface area contributed by atoms with E-state index in [0.29, 0.717) is 30.2 Å². The molecule has 0 bridgehead atoms. The normalized spacial score (nSPS) is 10.3. The van der Waals surface area contributed by atoms with Crippen LogP contribution in [0.5, 0.6) is 0 Å². The molecule has 0 aliphatic rings. The third-order valence-electron chi connectivity index (χ3n) is 2.57. The fourth-order valence-corrected chi connectivity index (χ4v) is 1.68. The second-order valence-corrected chi connectivity index (χ2v) is 3.99. The summed E-state index contributed by atoms with van der Waals surface area (Å²) in [6.07, 6.45) is 1.95. The van der Waals surface area contributed by atoms with E-state index in [9.17, 15) is 8.78 Å². The van der Waals surface area contributed by atoms with Crippen molar-refractivity contribution >= 4 is 11.6 Å². The second kappa shape index (κ2) is 6.08. The predicted molar refractivity (Wildman–Crippen MR) is 70.1 cm³/mol. The number of halogens is 2. The zero-order chi connectivity index (χ0) is 13.7. The van der Waals surface area contributed by atoms with Gasteiger partial charge in [-0.15, -0.1) is 0 Å². The molecule has 100 valence electrons. The van der Waals surface area contributed by atoms with Crippen LogP contribution in [0.1, 0.15) is 5.56 Å². The van der Waals surface area contributed by atoms with Crippen LogP contribution in [-0.4, -0.2) is 23.6 Å². The minimum atomic E-state index is -0.561. The van der Waals surface area contributed by atoms with Crippen molar-refractivity contribution in [1.82, 2.24) is 9.97 Å². The van der Waals surface area contributed by atoms with Gasteiger partial charge in [0.05, 0.1) is 0 Å². The van der Waals surface area contributed by atoms with Gasteiger partial charge in [0.2, 0.25) is 0 Å². The smallest absolute Gasteiger partial charge is 0.131 e. The van der Waals surface area contributed by atoms with Gasteiger partial charge >= 0.3 is 0 Å². The molecule has 4 nitrogen and oxygen atoms in total. The van der Waals surface area contributed by atoms with Gasteiger partial charge in [-0.1, -0.05) is 0 Å². The molecule has 1 heterocycles. The van der Waals surface area contributed by atoms with Crippen LogP contribution in [0.2, 0.25) is 0 Å². The average Bonchev–Trinajstić information content (AvgIpc) is 2.38. The summed E-state index contributed by atoms with van der Waals surface area (Å²) in [4.78, 5) is 8.03. The maximum atomic E-state index is 13.0. The Balaban J connectivity index is 1.92. The van der Waals surface area contributed by atoms with E-state index in [4.69, 9.17) is 0 Å². The van der Waals surface area contributed by atoms with Crippen molar-refractivity contribution in [3.8, 4) is 0 Å². The molecule has 0 amide bonds. The van der Waals surface area contributed by atoms with Crippen LogP contribution in [-0.2, 0) is 6.42 Å². The van der Waals surface area contributed by atoms with Crippen LogP contribution in [0.25, 0.3) is 0 Å². The van der Waals surface area contributed by atoms with Gasteiger partial charge in [0, 0.05) is 25.7 Å². The average molecular weight is 264 g/mol. The molecule has 2 aromatic rings. The summed E-state index contributed by atoms with van der Waals surface area (Å²) in [5.41, 5.74) is 0.605. The molecule has 0 fully saturated rings. The second-order valence-electron chi connectivity index (χ2n) is 3.99. The first-order valence-electron chi connectivity index (χ1n) is 5.86. The Hall–Kier alpha value is -2.24. The number of rotatable bonds is 5.